The van der Waals surface area contributed by atoms with E-state index < -0.39 is 0 Å². The molecule has 0 spiro atoms. The Morgan fingerprint density at radius 3 is 2.73 bits per heavy atom. The summed E-state index contributed by atoms with van der Waals surface area (Å²) in [4.78, 5) is 11.1. The SMILES string of the molecule is CCCc1nc(N)cc(N2CCCC2)n1. The summed E-state index contributed by atoms with van der Waals surface area (Å²) in [5, 5.41) is 0. The molecule has 0 unspecified atom stereocenters. The summed E-state index contributed by atoms with van der Waals surface area (Å²) in [6.07, 6.45) is 4.48. The summed E-state index contributed by atoms with van der Waals surface area (Å²) in [6.45, 7) is 4.33. The van der Waals surface area contributed by atoms with Crippen molar-refractivity contribution in [2.75, 3.05) is 23.7 Å². The van der Waals surface area contributed by atoms with E-state index in [1.54, 1.807) is 0 Å². The van der Waals surface area contributed by atoms with Gasteiger partial charge in [-0.15, -0.1) is 0 Å². The van der Waals surface area contributed by atoms with Crippen LogP contribution in [0.25, 0.3) is 0 Å². The molecule has 0 aromatic carbocycles. The smallest absolute Gasteiger partial charge is 0.134 e. The highest BCUT2D eigenvalue weighted by Crippen LogP contribution is 2.19. The molecule has 0 radical (unpaired) electrons. The van der Waals surface area contributed by atoms with Gasteiger partial charge in [-0.05, 0) is 19.3 Å². The van der Waals surface area contributed by atoms with E-state index in [0.29, 0.717) is 5.82 Å². The van der Waals surface area contributed by atoms with E-state index in [-0.39, 0.29) is 0 Å². The van der Waals surface area contributed by atoms with Gasteiger partial charge in [-0.3, -0.25) is 0 Å². The predicted octanol–water partition coefficient (Wildman–Crippen LogP) is 1.61. The summed E-state index contributed by atoms with van der Waals surface area (Å²) in [6, 6.07) is 1.88. The summed E-state index contributed by atoms with van der Waals surface area (Å²) in [7, 11) is 0. The van der Waals surface area contributed by atoms with Crippen LogP contribution in [-0.2, 0) is 6.42 Å². The third-order valence-electron chi connectivity index (χ3n) is 2.68. The minimum Gasteiger partial charge on any atom is -0.384 e. The normalized spacial score (nSPS) is 15.9. The number of nitrogens with two attached hydrogens (primary N) is 1. The fraction of sp³-hybridized carbons (Fsp3) is 0.636. The van der Waals surface area contributed by atoms with Crippen LogP contribution in [0.15, 0.2) is 6.07 Å². The van der Waals surface area contributed by atoms with Gasteiger partial charge in [0.05, 0.1) is 0 Å². The van der Waals surface area contributed by atoms with Gasteiger partial charge in [0.1, 0.15) is 17.5 Å². The summed E-state index contributed by atoms with van der Waals surface area (Å²) in [5.74, 6) is 2.47. The van der Waals surface area contributed by atoms with E-state index in [1.165, 1.54) is 12.8 Å². The van der Waals surface area contributed by atoms with E-state index in [9.17, 15) is 0 Å². The lowest BCUT2D eigenvalue weighted by atomic mass is 10.3. The van der Waals surface area contributed by atoms with Crippen molar-refractivity contribution in [1.29, 1.82) is 0 Å². The lowest BCUT2D eigenvalue weighted by Crippen LogP contribution is -2.20. The summed E-state index contributed by atoms with van der Waals surface area (Å²) < 4.78 is 0. The average molecular weight is 206 g/mol. The van der Waals surface area contributed by atoms with Crippen molar-refractivity contribution >= 4 is 11.6 Å². The maximum Gasteiger partial charge on any atom is 0.134 e. The predicted molar refractivity (Wildman–Crippen MR) is 61.9 cm³/mol. The molecule has 1 aromatic heterocycles. The molecule has 0 atom stereocenters. The van der Waals surface area contributed by atoms with Crippen LogP contribution in [0, 0.1) is 0 Å². The van der Waals surface area contributed by atoms with E-state index in [2.05, 4.69) is 21.8 Å². The van der Waals surface area contributed by atoms with Gasteiger partial charge >= 0.3 is 0 Å². The molecule has 1 fully saturated rings. The number of aryl methyl sites for hydroxylation is 1. The van der Waals surface area contributed by atoms with Crippen LogP contribution in [0.3, 0.4) is 0 Å². The molecule has 2 heterocycles. The van der Waals surface area contributed by atoms with Crippen LogP contribution in [0.2, 0.25) is 0 Å². The molecule has 1 saturated heterocycles. The van der Waals surface area contributed by atoms with Crippen molar-refractivity contribution in [2.45, 2.75) is 32.6 Å². The van der Waals surface area contributed by atoms with Crippen molar-refractivity contribution in [3.05, 3.63) is 11.9 Å². The Morgan fingerprint density at radius 1 is 1.33 bits per heavy atom. The number of hydrogen-bond acceptors (Lipinski definition) is 4. The molecule has 0 bridgehead atoms. The van der Waals surface area contributed by atoms with Gasteiger partial charge < -0.3 is 10.6 Å². The molecule has 2 N–H and O–H groups in total. The van der Waals surface area contributed by atoms with Gasteiger partial charge in [0.2, 0.25) is 0 Å². The number of hydrogen-bond donors (Lipinski definition) is 1. The van der Waals surface area contributed by atoms with Crippen molar-refractivity contribution in [1.82, 2.24) is 9.97 Å². The monoisotopic (exact) mass is 206 g/mol. The lowest BCUT2D eigenvalue weighted by molar-refractivity contribution is 0.821. The zero-order valence-corrected chi connectivity index (χ0v) is 9.24. The van der Waals surface area contributed by atoms with Gasteiger partial charge in [-0.1, -0.05) is 6.92 Å². The molecule has 2 rings (SSSR count). The molecule has 0 amide bonds. The second kappa shape index (κ2) is 4.47. The molecule has 1 aliphatic rings. The van der Waals surface area contributed by atoms with Gasteiger partial charge in [-0.2, -0.15) is 0 Å². The zero-order valence-electron chi connectivity index (χ0n) is 9.24. The minimum absolute atomic E-state index is 0.593. The average Bonchev–Trinajstić information content (AvgIpc) is 2.70. The van der Waals surface area contributed by atoms with Crippen molar-refractivity contribution in [3.63, 3.8) is 0 Å². The first-order valence-electron chi connectivity index (χ1n) is 5.68. The van der Waals surface area contributed by atoms with Crippen molar-refractivity contribution < 1.29 is 0 Å². The quantitative estimate of drug-likeness (QED) is 0.816. The first-order chi connectivity index (χ1) is 7.29. The van der Waals surface area contributed by atoms with Crippen LogP contribution >= 0.6 is 0 Å². The Balaban J connectivity index is 2.22. The van der Waals surface area contributed by atoms with E-state index in [4.69, 9.17) is 5.73 Å². The topological polar surface area (TPSA) is 55.0 Å². The molecule has 0 saturated carbocycles. The second-order valence-electron chi connectivity index (χ2n) is 4.01. The van der Waals surface area contributed by atoms with Gasteiger partial charge in [0.15, 0.2) is 0 Å². The van der Waals surface area contributed by atoms with Crippen molar-refractivity contribution in [2.24, 2.45) is 0 Å². The Bertz CT molecular complexity index is 331. The Hall–Kier alpha value is -1.32. The minimum atomic E-state index is 0.593. The van der Waals surface area contributed by atoms with Crippen LogP contribution < -0.4 is 10.6 Å². The Labute approximate surface area is 90.5 Å². The van der Waals surface area contributed by atoms with Crippen LogP contribution in [0.5, 0.6) is 0 Å². The van der Waals surface area contributed by atoms with Gasteiger partial charge in [0.25, 0.3) is 0 Å². The number of anilines is 2. The van der Waals surface area contributed by atoms with E-state index in [1.807, 2.05) is 6.07 Å². The van der Waals surface area contributed by atoms with Gasteiger partial charge in [0, 0.05) is 25.6 Å². The molecular weight excluding hydrogens is 188 g/mol. The van der Waals surface area contributed by atoms with Gasteiger partial charge in [-0.25, -0.2) is 9.97 Å². The number of nitrogens with zero attached hydrogens (tertiary/aromatic N) is 3. The first-order valence-corrected chi connectivity index (χ1v) is 5.68. The molecule has 4 heteroatoms. The fourth-order valence-corrected chi connectivity index (χ4v) is 1.95. The van der Waals surface area contributed by atoms with Crippen molar-refractivity contribution in [3.8, 4) is 0 Å². The fourth-order valence-electron chi connectivity index (χ4n) is 1.95. The number of rotatable bonds is 3. The Kier molecular flexibility index (Phi) is 3.04. The highest BCUT2D eigenvalue weighted by molar-refractivity contribution is 5.47. The molecule has 0 aliphatic carbocycles. The molecule has 4 nitrogen and oxygen atoms in total. The van der Waals surface area contributed by atoms with Crippen LogP contribution in [-0.4, -0.2) is 23.1 Å². The summed E-state index contributed by atoms with van der Waals surface area (Å²) in [5.41, 5.74) is 5.78. The van der Waals surface area contributed by atoms with Crippen LogP contribution in [0.4, 0.5) is 11.6 Å². The van der Waals surface area contributed by atoms with Crippen LogP contribution in [0.1, 0.15) is 32.0 Å². The number of nitrogen functional groups attached to an aromatic ring is 1. The highest BCUT2D eigenvalue weighted by atomic mass is 15.2. The molecule has 15 heavy (non-hydrogen) atoms. The second-order valence-corrected chi connectivity index (χ2v) is 4.01. The molecular formula is C11H18N4. The highest BCUT2D eigenvalue weighted by Gasteiger charge is 2.14. The van der Waals surface area contributed by atoms with E-state index in [0.717, 1.165) is 37.6 Å². The maximum absolute atomic E-state index is 5.78. The molecule has 1 aromatic rings. The standard InChI is InChI=1S/C11H18N4/c1-2-5-10-13-9(12)8-11(14-10)15-6-3-4-7-15/h8H,2-7H2,1H3,(H2,12,13,14). The lowest BCUT2D eigenvalue weighted by Gasteiger charge is -2.17. The Morgan fingerprint density at radius 2 is 2.07 bits per heavy atom. The largest absolute Gasteiger partial charge is 0.384 e. The third-order valence-corrected chi connectivity index (χ3v) is 2.68. The zero-order chi connectivity index (χ0) is 10.7. The maximum atomic E-state index is 5.78. The third kappa shape index (κ3) is 2.37. The molecule has 1 aliphatic heterocycles. The first kappa shape index (κ1) is 10.2. The summed E-state index contributed by atoms with van der Waals surface area (Å²) >= 11 is 0. The molecule has 82 valence electrons. The van der Waals surface area contributed by atoms with E-state index >= 15 is 0 Å². The number of aromatic nitrogens is 2.